The van der Waals surface area contributed by atoms with Gasteiger partial charge in [0.25, 0.3) is 0 Å². The number of carbonyl (C=O) groups is 1. The molecule has 0 atom stereocenters. The number of aromatic hydroxyl groups is 1. The number of hydrogen-bond acceptors (Lipinski definition) is 5. The Labute approximate surface area is 175 Å². The van der Waals surface area contributed by atoms with Gasteiger partial charge in [-0.3, -0.25) is 9.69 Å². The monoisotopic (exact) mass is 406 g/mol. The summed E-state index contributed by atoms with van der Waals surface area (Å²) in [5.74, 6) is 0.268. The van der Waals surface area contributed by atoms with E-state index in [1.165, 1.54) is 6.07 Å². The van der Waals surface area contributed by atoms with Gasteiger partial charge in [-0.1, -0.05) is 24.3 Å². The van der Waals surface area contributed by atoms with Crippen LogP contribution in [0.5, 0.6) is 5.75 Å². The quantitative estimate of drug-likeness (QED) is 0.675. The van der Waals surface area contributed by atoms with Crippen LogP contribution in [-0.2, 0) is 17.8 Å². The molecule has 0 aliphatic carbocycles. The van der Waals surface area contributed by atoms with E-state index in [1.54, 1.807) is 19.1 Å². The topological polar surface area (TPSA) is 74.0 Å². The summed E-state index contributed by atoms with van der Waals surface area (Å²) in [5, 5.41) is 10.8. The summed E-state index contributed by atoms with van der Waals surface area (Å²) in [5.41, 5.74) is 3.68. The second kappa shape index (κ2) is 8.32. The van der Waals surface area contributed by atoms with E-state index in [1.807, 2.05) is 36.1 Å². The van der Waals surface area contributed by atoms with Crippen molar-refractivity contribution in [3.63, 3.8) is 0 Å². The number of phenolic OH excluding ortho intramolecular Hbond substituents is 1. The van der Waals surface area contributed by atoms with Crippen molar-refractivity contribution in [3.8, 4) is 5.75 Å². The highest BCUT2D eigenvalue weighted by Crippen LogP contribution is 2.28. The third kappa shape index (κ3) is 4.09. The SMILES string of the molecule is Cc1ccccc1CC(=O)N1CCN(Cc2cc(=O)oc3c(C)c(O)ccc23)CC1. The van der Waals surface area contributed by atoms with Gasteiger partial charge in [-0.25, -0.2) is 4.79 Å². The zero-order chi connectivity index (χ0) is 21.3. The van der Waals surface area contributed by atoms with Gasteiger partial charge >= 0.3 is 5.63 Å². The van der Waals surface area contributed by atoms with Crippen molar-refractivity contribution in [2.45, 2.75) is 26.8 Å². The van der Waals surface area contributed by atoms with E-state index in [2.05, 4.69) is 4.90 Å². The first-order chi connectivity index (χ1) is 14.4. The molecule has 6 nitrogen and oxygen atoms in total. The fourth-order valence-electron chi connectivity index (χ4n) is 4.03. The van der Waals surface area contributed by atoms with Gasteiger partial charge in [-0.2, -0.15) is 0 Å². The predicted octanol–water partition coefficient (Wildman–Crippen LogP) is 3.00. The maximum absolute atomic E-state index is 12.7. The largest absolute Gasteiger partial charge is 0.508 e. The van der Waals surface area contributed by atoms with Crippen molar-refractivity contribution in [1.29, 1.82) is 0 Å². The number of rotatable bonds is 4. The van der Waals surface area contributed by atoms with Crippen LogP contribution >= 0.6 is 0 Å². The maximum Gasteiger partial charge on any atom is 0.336 e. The highest BCUT2D eigenvalue weighted by atomic mass is 16.4. The molecule has 2 aromatic carbocycles. The standard InChI is InChI=1S/C24H26N2O4/c1-16-5-3-4-6-18(16)13-22(28)26-11-9-25(10-12-26)15-19-14-23(29)30-24-17(2)21(27)8-7-20(19)24/h3-8,14,27H,9-13,15H2,1-2H3. The van der Waals surface area contributed by atoms with Gasteiger partial charge in [0.1, 0.15) is 11.3 Å². The number of carbonyl (C=O) groups excluding carboxylic acids is 1. The van der Waals surface area contributed by atoms with Crippen LogP contribution in [-0.4, -0.2) is 47.0 Å². The number of phenols is 1. The summed E-state index contributed by atoms with van der Waals surface area (Å²) in [7, 11) is 0. The Morgan fingerprint density at radius 1 is 1.03 bits per heavy atom. The summed E-state index contributed by atoms with van der Waals surface area (Å²) in [6.45, 7) is 7.21. The third-order valence-electron chi connectivity index (χ3n) is 5.94. The number of fused-ring (bicyclic) bond motifs is 1. The third-order valence-corrected chi connectivity index (χ3v) is 5.94. The molecular weight excluding hydrogens is 380 g/mol. The van der Waals surface area contributed by atoms with Crippen LogP contribution < -0.4 is 5.63 Å². The van der Waals surface area contributed by atoms with Gasteiger partial charge in [-0.05, 0) is 42.7 Å². The van der Waals surface area contributed by atoms with Crippen molar-refractivity contribution < 1.29 is 14.3 Å². The van der Waals surface area contributed by atoms with Gasteiger partial charge in [0.15, 0.2) is 0 Å². The molecule has 0 spiro atoms. The molecule has 0 bridgehead atoms. The van der Waals surface area contributed by atoms with Crippen LogP contribution in [0.15, 0.2) is 51.7 Å². The lowest BCUT2D eigenvalue weighted by Gasteiger charge is -2.35. The first kappa shape index (κ1) is 20.2. The van der Waals surface area contributed by atoms with E-state index in [-0.39, 0.29) is 11.7 Å². The van der Waals surface area contributed by atoms with Crippen LogP contribution in [0.3, 0.4) is 0 Å². The highest BCUT2D eigenvalue weighted by Gasteiger charge is 2.22. The summed E-state index contributed by atoms with van der Waals surface area (Å²) in [6.07, 6.45) is 0.430. The molecule has 1 saturated heterocycles. The second-order valence-corrected chi connectivity index (χ2v) is 7.94. The van der Waals surface area contributed by atoms with Crippen LogP contribution in [0.1, 0.15) is 22.3 Å². The van der Waals surface area contributed by atoms with E-state index in [0.717, 1.165) is 35.2 Å². The zero-order valence-electron chi connectivity index (χ0n) is 17.4. The fraction of sp³-hybridized carbons (Fsp3) is 0.333. The molecule has 1 amide bonds. The molecule has 1 aliphatic rings. The van der Waals surface area contributed by atoms with Crippen LogP contribution in [0.4, 0.5) is 0 Å². The van der Waals surface area contributed by atoms with Crippen LogP contribution in [0, 0.1) is 13.8 Å². The average Bonchev–Trinajstić information content (AvgIpc) is 2.73. The smallest absolute Gasteiger partial charge is 0.336 e. The summed E-state index contributed by atoms with van der Waals surface area (Å²) < 4.78 is 5.33. The molecule has 2 heterocycles. The highest BCUT2D eigenvalue weighted by molar-refractivity contribution is 5.84. The number of hydrogen-bond donors (Lipinski definition) is 1. The Morgan fingerprint density at radius 3 is 2.50 bits per heavy atom. The van der Waals surface area contributed by atoms with Gasteiger partial charge < -0.3 is 14.4 Å². The molecule has 0 radical (unpaired) electrons. The number of piperazine rings is 1. The minimum Gasteiger partial charge on any atom is -0.508 e. The Balaban J connectivity index is 1.43. The van der Waals surface area contributed by atoms with Crippen molar-refractivity contribution in [3.05, 3.63) is 75.1 Å². The van der Waals surface area contributed by atoms with Crippen LogP contribution in [0.2, 0.25) is 0 Å². The number of aryl methyl sites for hydroxylation is 2. The van der Waals surface area contributed by atoms with E-state index >= 15 is 0 Å². The molecule has 1 N–H and O–H groups in total. The van der Waals surface area contributed by atoms with Crippen molar-refractivity contribution in [2.75, 3.05) is 26.2 Å². The summed E-state index contributed by atoms with van der Waals surface area (Å²) in [4.78, 5) is 28.9. The minimum atomic E-state index is -0.418. The normalized spacial score (nSPS) is 14.9. The molecule has 4 rings (SSSR count). The molecular formula is C24H26N2O4. The lowest BCUT2D eigenvalue weighted by atomic mass is 10.0. The summed E-state index contributed by atoms with van der Waals surface area (Å²) in [6, 6.07) is 12.9. The molecule has 1 fully saturated rings. The molecule has 3 aromatic rings. The van der Waals surface area contributed by atoms with Gasteiger partial charge in [-0.15, -0.1) is 0 Å². The predicted molar refractivity (Wildman–Crippen MR) is 116 cm³/mol. The molecule has 30 heavy (non-hydrogen) atoms. The van der Waals surface area contributed by atoms with Crippen LogP contribution in [0.25, 0.3) is 11.0 Å². The first-order valence-corrected chi connectivity index (χ1v) is 10.2. The molecule has 0 saturated carbocycles. The zero-order valence-corrected chi connectivity index (χ0v) is 17.4. The Kier molecular flexibility index (Phi) is 5.59. The van der Waals surface area contributed by atoms with Crippen molar-refractivity contribution >= 4 is 16.9 Å². The fourth-order valence-corrected chi connectivity index (χ4v) is 4.03. The number of amides is 1. The Hall–Kier alpha value is -3.12. The van der Waals surface area contributed by atoms with Crippen molar-refractivity contribution in [2.24, 2.45) is 0 Å². The van der Waals surface area contributed by atoms with E-state index in [0.29, 0.717) is 37.2 Å². The molecule has 1 aliphatic heterocycles. The van der Waals surface area contributed by atoms with Gasteiger partial charge in [0.05, 0.1) is 6.42 Å². The Bertz CT molecular complexity index is 1140. The average molecular weight is 406 g/mol. The molecule has 156 valence electrons. The maximum atomic E-state index is 12.7. The molecule has 0 unspecified atom stereocenters. The summed E-state index contributed by atoms with van der Waals surface area (Å²) >= 11 is 0. The number of nitrogens with zero attached hydrogens (tertiary/aromatic N) is 2. The van der Waals surface area contributed by atoms with Gasteiger partial charge in [0.2, 0.25) is 5.91 Å². The second-order valence-electron chi connectivity index (χ2n) is 7.94. The molecule has 6 heteroatoms. The van der Waals surface area contributed by atoms with Gasteiger partial charge in [0, 0.05) is 49.7 Å². The van der Waals surface area contributed by atoms with E-state index in [4.69, 9.17) is 4.42 Å². The van der Waals surface area contributed by atoms with E-state index < -0.39 is 5.63 Å². The Morgan fingerprint density at radius 2 is 1.77 bits per heavy atom. The van der Waals surface area contributed by atoms with Crippen molar-refractivity contribution in [1.82, 2.24) is 9.80 Å². The van der Waals surface area contributed by atoms with E-state index in [9.17, 15) is 14.7 Å². The molecule has 1 aromatic heterocycles. The minimum absolute atomic E-state index is 0.114. The number of benzene rings is 2. The lowest BCUT2D eigenvalue weighted by Crippen LogP contribution is -2.48. The first-order valence-electron chi connectivity index (χ1n) is 10.2. The lowest BCUT2D eigenvalue weighted by molar-refractivity contribution is -0.132.